The molecule has 0 saturated heterocycles. The molecule has 0 atom stereocenters. The third-order valence-corrected chi connectivity index (χ3v) is 24.5. The summed E-state index contributed by atoms with van der Waals surface area (Å²) in [4.78, 5) is 189. The van der Waals surface area contributed by atoms with Gasteiger partial charge in [-0.3, -0.25) is 24.0 Å². The fourth-order valence-corrected chi connectivity index (χ4v) is 16.9. The molecule has 738 valence electrons. The van der Waals surface area contributed by atoms with Crippen LogP contribution in [0.25, 0.3) is 168 Å². The molecule has 0 bridgehead atoms. The second kappa shape index (κ2) is 43.3. The second-order valence-corrected chi connectivity index (χ2v) is 34.4. The average molecular weight is 1980 g/mol. The number of fused-ring (bicyclic) bond motifs is 5. The van der Waals surface area contributed by atoms with E-state index in [2.05, 4.69) is 123 Å². The Morgan fingerprint density at radius 1 is 0.331 bits per heavy atom. The van der Waals surface area contributed by atoms with E-state index in [1.807, 2.05) is 134 Å². The van der Waals surface area contributed by atoms with E-state index < -0.39 is 29.8 Å². The number of nitrogens with two attached hydrogens (primary N) is 1. The Morgan fingerprint density at radius 2 is 0.608 bits per heavy atom. The molecule has 20 N–H and O–H groups in total. The molecule has 1 fully saturated rings. The van der Waals surface area contributed by atoms with Crippen LogP contribution in [0.1, 0.15) is 103 Å². The van der Waals surface area contributed by atoms with Gasteiger partial charge in [0.15, 0.2) is 55.8 Å². The second-order valence-electron chi connectivity index (χ2n) is 34.4. The Balaban J connectivity index is 0.000000121. The van der Waals surface area contributed by atoms with Crippen LogP contribution in [0, 0.1) is 0 Å². The van der Waals surface area contributed by atoms with E-state index in [0.29, 0.717) is 109 Å². The van der Waals surface area contributed by atoms with Crippen LogP contribution in [0.15, 0.2) is 298 Å². The molecule has 11 aromatic carbocycles. The van der Waals surface area contributed by atoms with Gasteiger partial charge in [-0.1, -0.05) is 178 Å². The lowest BCUT2D eigenvalue weighted by Gasteiger charge is -2.25. The number of nitrogens with one attached hydrogen (secondary N) is 13. The first-order chi connectivity index (χ1) is 71.7. The van der Waals surface area contributed by atoms with Crippen LogP contribution in [0.2, 0.25) is 0 Å². The summed E-state index contributed by atoms with van der Waals surface area (Å²) in [6, 6.07) is 72.1. The summed E-state index contributed by atoms with van der Waals surface area (Å²) in [6.07, 6.45) is 14.0. The normalized spacial score (nSPS) is 11.7. The van der Waals surface area contributed by atoms with Gasteiger partial charge in [-0.15, -0.1) is 0 Å². The number of benzene rings is 11. The predicted octanol–water partition coefficient (Wildman–Crippen LogP) is 17.2. The van der Waals surface area contributed by atoms with Gasteiger partial charge in [-0.2, -0.15) is 0 Å². The SMILES string of the molecule is CCCNc1cc(-c2nc3nc[nH]c3c(=O)[nH]2)ccc1-c1ccc(C(=O)O)cc1.CN(C)c1cc(-c2nc3nc[nH]c3c(=O)[nH]2)ccc1-c1ccc(C(=O)O)cc1.Nc1cc(-c2nc3nc[nH]c3c(=O)[nH]2)ccc1-c1ccc(C(=O)O)cc1.O=C(O)c1ccc(-c2ccc(-c3nc4nc[nH]c4c(=O)[nH]3)cc2NC2CCCCC2)cc1.O=C(O)c1ccc(-c2ccc(-c3nc4nc[nH]c4c(=O)[nH]3)cc2NCc2ccccc2)cc1. The number of hydrogen-bond acceptors (Lipinski definition) is 25. The van der Waals surface area contributed by atoms with Gasteiger partial charge in [0.25, 0.3) is 27.8 Å². The van der Waals surface area contributed by atoms with Crippen molar-refractivity contribution in [3.8, 4) is 113 Å². The van der Waals surface area contributed by atoms with Gasteiger partial charge in [-0.05, 0) is 144 Å². The van der Waals surface area contributed by atoms with Crippen LogP contribution in [-0.4, -0.2) is 182 Å². The summed E-state index contributed by atoms with van der Waals surface area (Å²) in [5.74, 6) is -2.72. The Labute approximate surface area is 836 Å². The Bertz CT molecular complexity index is 8890. The lowest BCUT2D eigenvalue weighted by Crippen LogP contribution is -2.22. The number of imidazole rings is 5. The first kappa shape index (κ1) is 97.7. The van der Waals surface area contributed by atoms with Crippen LogP contribution >= 0.6 is 0 Å². The smallest absolute Gasteiger partial charge is 0.335 e. The molecule has 10 heterocycles. The first-order valence-corrected chi connectivity index (χ1v) is 46.5. The molecule has 1 aliphatic carbocycles. The molecule has 0 unspecified atom stereocenters. The highest BCUT2D eigenvalue weighted by atomic mass is 16.4. The molecule has 10 aromatic heterocycles. The van der Waals surface area contributed by atoms with Crippen LogP contribution < -0.4 is 54.4 Å². The Hall–Kier alpha value is -20.5. The van der Waals surface area contributed by atoms with Crippen molar-refractivity contribution in [1.29, 1.82) is 0 Å². The Morgan fingerprint density at radius 3 is 0.926 bits per heavy atom. The van der Waals surface area contributed by atoms with Crippen molar-refractivity contribution < 1.29 is 49.5 Å². The minimum absolute atomic E-state index is 0.207. The maximum atomic E-state index is 12.4. The minimum atomic E-state index is -0.983. The van der Waals surface area contributed by atoms with Gasteiger partial charge in [0.2, 0.25) is 0 Å². The van der Waals surface area contributed by atoms with Gasteiger partial charge < -0.3 is 102 Å². The molecule has 40 nitrogen and oxygen atoms in total. The number of anilines is 5. The molecule has 0 spiro atoms. The molecular formula is C108H91N25O15. The van der Waals surface area contributed by atoms with Crippen molar-refractivity contribution in [1.82, 2.24) is 99.7 Å². The molecule has 22 rings (SSSR count). The zero-order chi connectivity index (χ0) is 103. The first-order valence-electron chi connectivity index (χ1n) is 46.5. The lowest BCUT2D eigenvalue weighted by atomic mass is 9.94. The van der Waals surface area contributed by atoms with E-state index in [4.69, 9.17) is 21.1 Å². The number of nitrogen functional groups attached to an aromatic ring is 1. The summed E-state index contributed by atoms with van der Waals surface area (Å²) >= 11 is 0. The Kier molecular flexibility index (Phi) is 28.6. The molecule has 1 saturated carbocycles. The monoisotopic (exact) mass is 1980 g/mol. The number of rotatable bonds is 24. The highest BCUT2D eigenvalue weighted by Crippen LogP contribution is 2.40. The van der Waals surface area contributed by atoms with Crippen LogP contribution in [-0.2, 0) is 6.54 Å². The molecule has 0 radical (unpaired) electrons. The van der Waals surface area contributed by atoms with Crippen LogP contribution in [0.5, 0.6) is 0 Å². The van der Waals surface area contributed by atoms with Crippen molar-refractivity contribution in [3.05, 3.63) is 359 Å². The maximum Gasteiger partial charge on any atom is 0.335 e. The molecule has 0 aliphatic heterocycles. The molecule has 148 heavy (non-hydrogen) atoms. The van der Waals surface area contributed by atoms with E-state index >= 15 is 0 Å². The topological polar surface area (TPSA) is 624 Å². The number of aromatic nitrogens is 20. The van der Waals surface area contributed by atoms with Gasteiger partial charge in [-0.25, -0.2) is 73.8 Å². The summed E-state index contributed by atoms with van der Waals surface area (Å²) in [7, 11) is 3.84. The number of hydrogen-bond donors (Lipinski definition) is 19. The number of aromatic carboxylic acids is 5. The zero-order valence-electron chi connectivity index (χ0n) is 79.0. The summed E-state index contributed by atoms with van der Waals surface area (Å²) in [5.41, 5.74) is 27.0. The van der Waals surface area contributed by atoms with Gasteiger partial charge in [0, 0.05) is 117 Å². The van der Waals surface area contributed by atoms with Crippen LogP contribution in [0.4, 0.5) is 28.4 Å². The van der Waals surface area contributed by atoms with Gasteiger partial charge in [0.1, 0.15) is 29.1 Å². The number of nitrogens with zero attached hydrogens (tertiary/aromatic N) is 11. The van der Waals surface area contributed by atoms with Crippen molar-refractivity contribution >= 4 is 114 Å². The van der Waals surface area contributed by atoms with Crippen molar-refractivity contribution in [3.63, 3.8) is 0 Å². The molecule has 0 amide bonds. The van der Waals surface area contributed by atoms with E-state index in [9.17, 15) is 58.2 Å². The highest BCUT2D eigenvalue weighted by Gasteiger charge is 2.23. The maximum absolute atomic E-state index is 12.4. The van der Waals surface area contributed by atoms with E-state index in [1.165, 1.54) is 63.0 Å². The summed E-state index contributed by atoms with van der Waals surface area (Å²) < 4.78 is 0. The number of carboxylic acid groups (broad SMARTS) is 5. The summed E-state index contributed by atoms with van der Waals surface area (Å²) in [6.45, 7) is 3.43. The van der Waals surface area contributed by atoms with E-state index in [-0.39, 0.29) is 55.6 Å². The third-order valence-electron chi connectivity index (χ3n) is 24.5. The minimum Gasteiger partial charge on any atom is -0.478 e. The fourth-order valence-electron chi connectivity index (χ4n) is 16.9. The molecule has 21 aromatic rings. The molecule has 1 aliphatic rings. The van der Waals surface area contributed by atoms with Crippen molar-refractivity contribution in [2.75, 3.05) is 47.2 Å². The molecule has 40 heteroatoms. The van der Waals surface area contributed by atoms with Crippen molar-refractivity contribution in [2.45, 2.75) is 58.0 Å². The van der Waals surface area contributed by atoms with Gasteiger partial charge >= 0.3 is 29.8 Å². The standard InChI is InChI=1S/C25H19N5O3.C24H23N5O3.C21H19N5O3.C20H17N5O3.C18H13N5O3/c31-24-21-23(28-14-27-21)29-22(30-24)18-10-11-19(16-6-8-17(9-7-16)25(32)33)20(12-18)26-13-15-4-2-1-3-5-15;30-23-20-22(26-13-25-20)28-21(29-23)16-10-11-18(14-6-8-15(9-7-14)24(31)32)19(12-16)27-17-4-2-1-3-5-17;1-2-9-22-16-10-14(18-25-19-17(20(27)26-18)23-11-24-19)7-8-15(16)12-3-5-13(6-4-12)21(28)29;1-25(2)15-9-13(17-23-18-16(19(26)24-17)21-10-22-18)7-8-14(15)11-3-5-12(6-4-11)20(27)28;19-13-7-11(15-22-16-14(17(24)23-15)20-8-21-16)5-6-12(13)9-1-3-10(4-2-9)18(25)26/h1-12,14,26H,13H2,(H,32,33)(H2,27,28,29,30,31);6-13,17,27H,1-5H2,(H,31,32)(H2,25,26,28,29,30);3-8,10-11,22H,2,9H2,1H3,(H,28,29)(H2,23,24,25,26,27);3-10H,1-2H3,(H,27,28)(H2,21,22,23,24,26);1-8H,19H2,(H,25,26)(H2,20,21,22,23,24). The van der Waals surface area contributed by atoms with E-state index in [1.54, 1.807) is 115 Å². The highest BCUT2D eigenvalue weighted by molar-refractivity contribution is 5.95. The lowest BCUT2D eigenvalue weighted by molar-refractivity contribution is 0.0686. The van der Waals surface area contributed by atoms with Gasteiger partial charge in [0.05, 0.1) is 59.5 Å². The number of carbonyl (C=O) groups is 5. The summed E-state index contributed by atoms with van der Waals surface area (Å²) in [5, 5.41) is 56.1. The average Bonchev–Trinajstić information content (AvgIpc) is 1.67. The zero-order valence-corrected chi connectivity index (χ0v) is 79.0. The van der Waals surface area contributed by atoms with Crippen molar-refractivity contribution in [2.24, 2.45) is 0 Å². The van der Waals surface area contributed by atoms with Crippen LogP contribution in [0.3, 0.4) is 0 Å². The third kappa shape index (κ3) is 22.0. The largest absolute Gasteiger partial charge is 0.478 e. The predicted molar refractivity (Wildman–Crippen MR) is 563 cm³/mol. The quantitative estimate of drug-likeness (QED) is 0.0250. The number of carboxylic acids is 5. The molecular weight excluding hydrogens is 1890 g/mol. The fraction of sp³-hybridized carbons (Fsp3) is 0.111. The number of H-pyrrole nitrogens is 10. The number of aromatic amines is 10. The van der Waals surface area contributed by atoms with E-state index in [0.717, 1.165) is 132 Å².